The van der Waals surface area contributed by atoms with Crippen LogP contribution < -0.4 is 5.32 Å². The Kier molecular flexibility index (Phi) is 3.91. The van der Waals surface area contributed by atoms with Crippen LogP contribution in [0.1, 0.15) is 35.8 Å². The predicted octanol–water partition coefficient (Wildman–Crippen LogP) is 2.37. The zero-order valence-electron chi connectivity index (χ0n) is 10.5. The molecule has 1 unspecified atom stereocenters. The molecule has 0 amide bonds. The fraction of sp³-hybridized carbons (Fsp3) is 0.500. The zero-order chi connectivity index (χ0) is 12.3. The minimum absolute atomic E-state index is 0.133. The van der Waals surface area contributed by atoms with Gasteiger partial charge in [0.05, 0.1) is 22.4 Å². The van der Waals surface area contributed by atoms with Crippen molar-refractivity contribution in [2.75, 3.05) is 7.05 Å². The summed E-state index contributed by atoms with van der Waals surface area (Å²) in [7, 11) is 1.96. The zero-order valence-corrected chi connectivity index (χ0v) is 11.3. The first-order valence-corrected chi connectivity index (χ1v) is 6.75. The van der Waals surface area contributed by atoms with Gasteiger partial charge in [0.25, 0.3) is 0 Å². The van der Waals surface area contributed by atoms with Crippen LogP contribution >= 0.6 is 11.3 Å². The van der Waals surface area contributed by atoms with E-state index in [1.807, 2.05) is 20.2 Å². The molecule has 0 radical (unpaired) electrons. The van der Waals surface area contributed by atoms with Crippen LogP contribution in [-0.2, 0) is 6.54 Å². The molecule has 0 aromatic carbocycles. The molecule has 92 valence electrons. The van der Waals surface area contributed by atoms with Crippen LogP contribution in [0.4, 0.5) is 0 Å². The van der Waals surface area contributed by atoms with Crippen LogP contribution in [0.25, 0.3) is 0 Å². The predicted molar refractivity (Wildman–Crippen MR) is 70.3 cm³/mol. The summed E-state index contributed by atoms with van der Waals surface area (Å²) in [5, 5.41) is 10.9. The fourth-order valence-corrected chi connectivity index (χ4v) is 2.58. The fourth-order valence-electron chi connectivity index (χ4n) is 1.95. The van der Waals surface area contributed by atoms with Crippen LogP contribution in [0.3, 0.4) is 0 Å². The summed E-state index contributed by atoms with van der Waals surface area (Å²) in [5.41, 5.74) is 2.26. The normalized spacial score (nSPS) is 12.9. The molecule has 17 heavy (non-hydrogen) atoms. The lowest BCUT2D eigenvalue weighted by Gasteiger charge is -2.15. The smallest absolute Gasteiger partial charge is 0.0928 e. The molecule has 0 aliphatic heterocycles. The number of rotatable bonds is 5. The van der Waals surface area contributed by atoms with Crippen molar-refractivity contribution in [1.29, 1.82) is 0 Å². The van der Waals surface area contributed by atoms with Gasteiger partial charge in [-0.2, -0.15) is 5.10 Å². The van der Waals surface area contributed by atoms with Gasteiger partial charge in [0.15, 0.2) is 0 Å². The first kappa shape index (κ1) is 12.3. The highest BCUT2D eigenvalue weighted by Crippen LogP contribution is 2.23. The Labute approximate surface area is 106 Å². The molecule has 1 atom stereocenters. The topological polar surface area (TPSA) is 42.7 Å². The van der Waals surface area contributed by atoms with Crippen molar-refractivity contribution in [3.8, 4) is 0 Å². The van der Waals surface area contributed by atoms with Crippen molar-refractivity contribution in [2.24, 2.45) is 0 Å². The van der Waals surface area contributed by atoms with Gasteiger partial charge < -0.3 is 5.32 Å². The second-order valence-corrected chi connectivity index (χ2v) is 5.05. The number of hydrogen-bond acceptors (Lipinski definition) is 4. The summed E-state index contributed by atoms with van der Waals surface area (Å²) in [4.78, 5) is 4.55. The molecule has 0 spiro atoms. The van der Waals surface area contributed by atoms with Gasteiger partial charge in [0.2, 0.25) is 0 Å². The first-order chi connectivity index (χ1) is 8.26. The summed E-state index contributed by atoms with van der Waals surface area (Å²) < 4.78 is 2.05. The number of aryl methyl sites for hydroxylation is 2. The van der Waals surface area contributed by atoms with Crippen LogP contribution in [0.15, 0.2) is 17.6 Å². The van der Waals surface area contributed by atoms with Crippen LogP contribution in [0.2, 0.25) is 0 Å². The molecule has 4 nitrogen and oxygen atoms in total. The molecule has 2 rings (SSSR count). The minimum atomic E-state index is 0.133. The Morgan fingerprint density at radius 1 is 1.53 bits per heavy atom. The van der Waals surface area contributed by atoms with Gasteiger partial charge in [-0.15, -0.1) is 11.3 Å². The maximum Gasteiger partial charge on any atom is 0.0928 e. The van der Waals surface area contributed by atoms with Crippen molar-refractivity contribution in [2.45, 2.75) is 32.9 Å². The van der Waals surface area contributed by atoms with E-state index in [1.54, 1.807) is 11.3 Å². The largest absolute Gasteiger partial charge is 0.307 e. The van der Waals surface area contributed by atoms with Gasteiger partial charge in [-0.1, -0.05) is 6.92 Å². The summed E-state index contributed by atoms with van der Waals surface area (Å²) >= 11 is 1.68. The highest BCUT2D eigenvalue weighted by Gasteiger charge is 2.18. The monoisotopic (exact) mass is 250 g/mol. The Balaban J connectivity index is 2.31. The SMILES string of the molecule is CCCn1nccc1C(NC)c1csc(C)n1. The standard InChI is InChI=1S/C12H18N4S/c1-4-7-16-11(5-6-14-16)12(13-3)10-8-17-9(2)15-10/h5-6,8,12-13H,4,7H2,1-3H3. The number of thiazole rings is 1. The molecular formula is C12H18N4S. The van der Waals surface area contributed by atoms with Gasteiger partial charge in [-0.3, -0.25) is 4.68 Å². The van der Waals surface area contributed by atoms with E-state index in [2.05, 4.69) is 38.5 Å². The minimum Gasteiger partial charge on any atom is -0.307 e. The van der Waals surface area contributed by atoms with Gasteiger partial charge in [-0.25, -0.2) is 4.98 Å². The Bertz CT molecular complexity index is 474. The summed E-state index contributed by atoms with van der Waals surface area (Å²) in [5.74, 6) is 0. The van der Waals surface area contributed by atoms with Crippen molar-refractivity contribution in [1.82, 2.24) is 20.1 Å². The third kappa shape index (κ3) is 2.56. The van der Waals surface area contributed by atoms with Crippen molar-refractivity contribution in [3.63, 3.8) is 0 Å². The second kappa shape index (κ2) is 5.42. The second-order valence-electron chi connectivity index (χ2n) is 3.99. The molecule has 1 N–H and O–H groups in total. The van der Waals surface area contributed by atoms with E-state index in [1.165, 1.54) is 5.69 Å². The summed E-state index contributed by atoms with van der Waals surface area (Å²) in [6.07, 6.45) is 2.94. The molecule has 2 aromatic rings. The third-order valence-electron chi connectivity index (χ3n) is 2.70. The van der Waals surface area contributed by atoms with Crippen molar-refractivity contribution >= 4 is 11.3 Å². The van der Waals surface area contributed by atoms with E-state index in [0.29, 0.717) is 0 Å². The number of nitrogens with zero attached hydrogens (tertiary/aromatic N) is 3. The van der Waals surface area contributed by atoms with Crippen molar-refractivity contribution in [3.05, 3.63) is 34.0 Å². The van der Waals surface area contributed by atoms with E-state index in [0.717, 1.165) is 23.7 Å². The van der Waals surface area contributed by atoms with E-state index in [4.69, 9.17) is 0 Å². The van der Waals surface area contributed by atoms with E-state index < -0.39 is 0 Å². The number of hydrogen-bond donors (Lipinski definition) is 1. The Morgan fingerprint density at radius 3 is 2.94 bits per heavy atom. The quantitative estimate of drug-likeness (QED) is 0.886. The molecule has 0 bridgehead atoms. The molecule has 0 aliphatic carbocycles. The average molecular weight is 250 g/mol. The lowest BCUT2D eigenvalue weighted by atomic mass is 10.1. The lowest BCUT2D eigenvalue weighted by molar-refractivity contribution is 0.530. The van der Waals surface area contributed by atoms with Gasteiger partial charge >= 0.3 is 0 Å². The van der Waals surface area contributed by atoms with E-state index >= 15 is 0 Å². The van der Waals surface area contributed by atoms with Gasteiger partial charge in [0, 0.05) is 18.1 Å². The number of nitrogens with one attached hydrogen (secondary N) is 1. The molecule has 0 aliphatic rings. The van der Waals surface area contributed by atoms with Crippen LogP contribution in [-0.4, -0.2) is 21.8 Å². The highest BCUT2D eigenvalue weighted by molar-refractivity contribution is 7.09. The molecule has 0 fully saturated rings. The summed E-state index contributed by atoms with van der Waals surface area (Å²) in [6, 6.07) is 2.19. The Morgan fingerprint density at radius 2 is 2.35 bits per heavy atom. The van der Waals surface area contributed by atoms with E-state index in [-0.39, 0.29) is 6.04 Å². The van der Waals surface area contributed by atoms with Crippen LogP contribution in [0, 0.1) is 6.92 Å². The molecule has 0 saturated heterocycles. The molecule has 0 saturated carbocycles. The maximum absolute atomic E-state index is 4.55. The lowest BCUT2D eigenvalue weighted by Crippen LogP contribution is -2.22. The molecule has 5 heteroatoms. The van der Waals surface area contributed by atoms with Gasteiger partial charge in [-0.05, 0) is 26.5 Å². The number of aromatic nitrogens is 3. The summed E-state index contributed by atoms with van der Waals surface area (Å²) in [6.45, 7) is 5.14. The third-order valence-corrected chi connectivity index (χ3v) is 3.49. The molecule has 2 heterocycles. The maximum atomic E-state index is 4.55. The van der Waals surface area contributed by atoms with Gasteiger partial charge in [0.1, 0.15) is 0 Å². The highest BCUT2D eigenvalue weighted by atomic mass is 32.1. The Hall–Kier alpha value is -1.20. The van der Waals surface area contributed by atoms with Crippen LogP contribution in [0.5, 0.6) is 0 Å². The van der Waals surface area contributed by atoms with Crippen molar-refractivity contribution < 1.29 is 0 Å². The van der Waals surface area contributed by atoms with E-state index in [9.17, 15) is 0 Å². The molecule has 2 aromatic heterocycles. The first-order valence-electron chi connectivity index (χ1n) is 5.87. The molecular weight excluding hydrogens is 232 g/mol. The average Bonchev–Trinajstić information content (AvgIpc) is 2.91.